The molecular weight excluding hydrogens is 188 g/mol. The first kappa shape index (κ1) is 8.06. The lowest BCUT2D eigenvalue weighted by Gasteiger charge is -1.87. The lowest BCUT2D eigenvalue weighted by Crippen LogP contribution is -1.98. The predicted molar refractivity (Wildman–Crippen MR) is 46.5 cm³/mol. The second-order valence-corrected chi connectivity index (χ2v) is 3.36. The Bertz CT molecular complexity index is 419. The fourth-order valence-electron chi connectivity index (χ4n) is 0.906. The van der Waals surface area contributed by atoms with Crippen LogP contribution in [0.5, 0.6) is 0 Å². The van der Waals surface area contributed by atoms with Gasteiger partial charge in [0.2, 0.25) is 5.78 Å². The second-order valence-electron chi connectivity index (χ2n) is 2.47. The maximum Gasteiger partial charge on any atom is 0.226 e. The second kappa shape index (κ2) is 3.06. The van der Waals surface area contributed by atoms with Crippen molar-refractivity contribution < 1.29 is 4.79 Å². The van der Waals surface area contributed by atoms with Crippen molar-refractivity contribution in [1.82, 2.24) is 20.0 Å². The molecule has 66 valence electrons. The molecule has 0 fully saturated rings. The van der Waals surface area contributed by atoms with Crippen LogP contribution >= 0.6 is 11.3 Å². The monoisotopic (exact) mass is 194 g/mol. The fourth-order valence-corrected chi connectivity index (χ4v) is 1.47. The number of carbonyl (C=O) groups is 1. The number of hydrogen-bond donors (Lipinski definition) is 0. The van der Waals surface area contributed by atoms with Crippen molar-refractivity contribution in [1.29, 1.82) is 0 Å². The van der Waals surface area contributed by atoms with Crippen LogP contribution in [0.2, 0.25) is 0 Å². The van der Waals surface area contributed by atoms with Crippen LogP contribution in [0.15, 0.2) is 17.9 Å². The third-order valence-electron chi connectivity index (χ3n) is 1.49. The number of rotatable bonds is 2. The summed E-state index contributed by atoms with van der Waals surface area (Å²) >= 11 is 1.30. The summed E-state index contributed by atoms with van der Waals surface area (Å²) in [4.78, 5) is 16.0. The van der Waals surface area contributed by atoms with Crippen LogP contribution in [-0.4, -0.2) is 25.8 Å². The SMILES string of the molecule is Cn1cc(C(=O)c2cncs2)nn1. The molecule has 13 heavy (non-hydrogen) atoms. The molecule has 0 amide bonds. The average molecular weight is 194 g/mol. The van der Waals surface area contributed by atoms with Gasteiger partial charge in [0.15, 0.2) is 5.69 Å². The van der Waals surface area contributed by atoms with E-state index >= 15 is 0 Å². The van der Waals surface area contributed by atoms with Gasteiger partial charge in [-0.05, 0) is 0 Å². The highest BCUT2D eigenvalue weighted by molar-refractivity contribution is 7.11. The third kappa shape index (κ3) is 1.48. The van der Waals surface area contributed by atoms with Gasteiger partial charge in [0.1, 0.15) is 0 Å². The topological polar surface area (TPSA) is 60.7 Å². The fraction of sp³-hybridized carbons (Fsp3) is 0.143. The van der Waals surface area contributed by atoms with E-state index in [4.69, 9.17) is 0 Å². The Kier molecular flexibility index (Phi) is 1.90. The molecule has 0 saturated heterocycles. The van der Waals surface area contributed by atoms with Crippen LogP contribution < -0.4 is 0 Å². The number of hydrogen-bond acceptors (Lipinski definition) is 5. The van der Waals surface area contributed by atoms with Crippen molar-refractivity contribution in [3.05, 3.63) is 28.5 Å². The summed E-state index contributed by atoms with van der Waals surface area (Å²) < 4.78 is 1.49. The summed E-state index contributed by atoms with van der Waals surface area (Å²) in [6.45, 7) is 0. The molecule has 2 aromatic rings. The quantitative estimate of drug-likeness (QED) is 0.653. The normalized spacial score (nSPS) is 10.2. The van der Waals surface area contributed by atoms with Crippen molar-refractivity contribution in [2.24, 2.45) is 7.05 Å². The van der Waals surface area contributed by atoms with Gasteiger partial charge < -0.3 is 0 Å². The van der Waals surface area contributed by atoms with E-state index in [1.54, 1.807) is 18.8 Å². The van der Waals surface area contributed by atoms with Gasteiger partial charge in [0, 0.05) is 13.2 Å². The van der Waals surface area contributed by atoms with Gasteiger partial charge in [-0.25, -0.2) is 0 Å². The van der Waals surface area contributed by atoms with E-state index in [9.17, 15) is 4.79 Å². The zero-order valence-corrected chi connectivity index (χ0v) is 7.65. The molecule has 0 aliphatic carbocycles. The van der Waals surface area contributed by atoms with Gasteiger partial charge in [-0.2, -0.15) is 0 Å². The van der Waals surface area contributed by atoms with Gasteiger partial charge >= 0.3 is 0 Å². The summed E-state index contributed by atoms with van der Waals surface area (Å²) in [5, 5.41) is 7.39. The maximum absolute atomic E-state index is 11.6. The first-order chi connectivity index (χ1) is 6.27. The first-order valence-electron chi connectivity index (χ1n) is 3.57. The van der Waals surface area contributed by atoms with Gasteiger partial charge in [0.25, 0.3) is 0 Å². The van der Waals surface area contributed by atoms with E-state index in [-0.39, 0.29) is 5.78 Å². The molecule has 0 aliphatic heterocycles. The lowest BCUT2D eigenvalue weighted by atomic mass is 10.3. The molecule has 2 rings (SSSR count). The van der Waals surface area contributed by atoms with E-state index in [1.807, 2.05) is 0 Å². The molecular formula is C7H6N4OS. The summed E-state index contributed by atoms with van der Waals surface area (Å²) in [5.74, 6) is -0.129. The highest BCUT2D eigenvalue weighted by Crippen LogP contribution is 2.10. The van der Waals surface area contributed by atoms with Gasteiger partial charge in [0.05, 0.1) is 16.6 Å². The van der Waals surface area contributed by atoms with E-state index in [0.29, 0.717) is 10.6 Å². The molecule has 0 N–H and O–H groups in total. The lowest BCUT2D eigenvalue weighted by molar-refractivity contribution is 0.103. The van der Waals surface area contributed by atoms with Crippen molar-refractivity contribution in [3.63, 3.8) is 0 Å². The minimum atomic E-state index is -0.129. The molecule has 6 heteroatoms. The predicted octanol–water partition coefficient (Wildman–Crippen LogP) is 0.503. The molecule has 0 spiro atoms. The molecule has 0 bridgehead atoms. The van der Waals surface area contributed by atoms with Gasteiger partial charge in [-0.3, -0.25) is 14.5 Å². The Morgan fingerprint density at radius 3 is 3.00 bits per heavy atom. The zero-order valence-electron chi connectivity index (χ0n) is 6.84. The van der Waals surface area contributed by atoms with E-state index < -0.39 is 0 Å². The van der Waals surface area contributed by atoms with Gasteiger partial charge in [-0.1, -0.05) is 5.21 Å². The standard InChI is InChI=1S/C7H6N4OS/c1-11-3-5(9-10-11)7(12)6-2-8-4-13-6/h2-4H,1H3. The minimum absolute atomic E-state index is 0.129. The van der Waals surface area contributed by atoms with Crippen LogP contribution in [-0.2, 0) is 7.05 Å². The molecule has 0 aromatic carbocycles. The molecule has 2 aromatic heterocycles. The molecule has 0 radical (unpaired) electrons. The summed E-state index contributed by atoms with van der Waals surface area (Å²) in [6.07, 6.45) is 3.11. The van der Waals surface area contributed by atoms with Crippen molar-refractivity contribution >= 4 is 17.1 Å². The molecule has 0 aliphatic rings. The van der Waals surface area contributed by atoms with E-state index in [1.165, 1.54) is 22.2 Å². The minimum Gasteiger partial charge on any atom is -0.286 e. The Labute approximate surface area is 78.0 Å². The van der Waals surface area contributed by atoms with Crippen LogP contribution in [0.3, 0.4) is 0 Å². The van der Waals surface area contributed by atoms with Crippen molar-refractivity contribution in [2.45, 2.75) is 0 Å². The Balaban J connectivity index is 2.33. The zero-order chi connectivity index (χ0) is 9.26. The van der Waals surface area contributed by atoms with Crippen molar-refractivity contribution in [3.8, 4) is 0 Å². The number of aromatic nitrogens is 4. The molecule has 2 heterocycles. The smallest absolute Gasteiger partial charge is 0.226 e. The molecule has 0 unspecified atom stereocenters. The number of carbonyl (C=O) groups excluding carboxylic acids is 1. The van der Waals surface area contributed by atoms with Crippen LogP contribution in [0.1, 0.15) is 15.4 Å². The molecule has 0 saturated carbocycles. The maximum atomic E-state index is 11.6. The van der Waals surface area contributed by atoms with Crippen LogP contribution in [0.25, 0.3) is 0 Å². The number of nitrogens with zero attached hydrogens (tertiary/aromatic N) is 4. The average Bonchev–Trinajstić information content (AvgIpc) is 2.72. The number of thiazole rings is 1. The van der Waals surface area contributed by atoms with Crippen molar-refractivity contribution in [2.75, 3.05) is 0 Å². The molecule has 0 atom stereocenters. The highest BCUT2D eigenvalue weighted by Gasteiger charge is 2.13. The summed E-state index contributed by atoms with van der Waals surface area (Å²) in [6, 6.07) is 0. The van der Waals surface area contributed by atoms with Crippen LogP contribution in [0, 0.1) is 0 Å². The van der Waals surface area contributed by atoms with E-state index in [0.717, 1.165) is 0 Å². The Morgan fingerprint density at radius 2 is 2.46 bits per heavy atom. The largest absolute Gasteiger partial charge is 0.286 e. The van der Waals surface area contributed by atoms with Crippen LogP contribution in [0.4, 0.5) is 0 Å². The molecule has 5 nitrogen and oxygen atoms in total. The van der Waals surface area contributed by atoms with Gasteiger partial charge in [-0.15, -0.1) is 16.4 Å². The Hall–Kier alpha value is -1.56. The number of aryl methyl sites for hydroxylation is 1. The number of ketones is 1. The Morgan fingerprint density at radius 1 is 1.62 bits per heavy atom. The summed E-state index contributed by atoms with van der Waals surface area (Å²) in [7, 11) is 1.72. The third-order valence-corrected chi connectivity index (χ3v) is 2.26. The first-order valence-corrected chi connectivity index (χ1v) is 4.45. The van der Waals surface area contributed by atoms with E-state index in [2.05, 4.69) is 15.3 Å². The summed E-state index contributed by atoms with van der Waals surface area (Å²) in [5.41, 5.74) is 1.97. The highest BCUT2D eigenvalue weighted by atomic mass is 32.1.